The Kier molecular flexibility index (Phi) is 3.56. The van der Waals surface area contributed by atoms with E-state index in [0.717, 1.165) is 45.2 Å². The molecule has 0 bridgehead atoms. The van der Waals surface area contributed by atoms with Gasteiger partial charge in [0.25, 0.3) is 0 Å². The van der Waals surface area contributed by atoms with Gasteiger partial charge in [0.05, 0.1) is 5.41 Å². The highest BCUT2D eigenvalue weighted by Gasteiger charge is 2.49. The van der Waals surface area contributed by atoms with Gasteiger partial charge in [-0.1, -0.05) is 30.3 Å². The van der Waals surface area contributed by atoms with Crippen molar-refractivity contribution in [2.24, 2.45) is 5.41 Å². The lowest BCUT2D eigenvalue weighted by atomic mass is 9.94. The fraction of sp³-hybridized carbons (Fsp3) is 0.562. The molecule has 1 aromatic rings. The van der Waals surface area contributed by atoms with Gasteiger partial charge >= 0.3 is 0 Å². The zero-order valence-corrected chi connectivity index (χ0v) is 11.3. The Morgan fingerprint density at radius 3 is 2.74 bits per heavy atom. The van der Waals surface area contributed by atoms with Crippen LogP contribution in [0.4, 0.5) is 0 Å². The summed E-state index contributed by atoms with van der Waals surface area (Å²) in [5.41, 5.74) is 1.16. The molecular formula is C16H22N2O. The van der Waals surface area contributed by atoms with Crippen LogP contribution in [0.1, 0.15) is 31.2 Å². The van der Waals surface area contributed by atoms with Gasteiger partial charge < -0.3 is 10.6 Å². The van der Waals surface area contributed by atoms with E-state index in [1.54, 1.807) is 0 Å². The summed E-state index contributed by atoms with van der Waals surface area (Å²) in [6.07, 6.45) is 5.23. The predicted octanol–water partition coefficient (Wildman–Crippen LogP) is 1.88. The van der Waals surface area contributed by atoms with E-state index < -0.39 is 0 Å². The number of benzene rings is 1. The second kappa shape index (κ2) is 5.33. The van der Waals surface area contributed by atoms with Gasteiger partial charge in [0.2, 0.25) is 5.91 Å². The van der Waals surface area contributed by atoms with Gasteiger partial charge in [0, 0.05) is 12.6 Å². The Morgan fingerprint density at radius 2 is 2.11 bits per heavy atom. The number of carbonyl (C=O) groups excluding carboxylic acids is 1. The lowest BCUT2D eigenvalue weighted by Gasteiger charge is -2.26. The highest BCUT2D eigenvalue weighted by atomic mass is 16.2. The van der Waals surface area contributed by atoms with Gasteiger partial charge in [0.1, 0.15) is 0 Å². The molecule has 3 heteroatoms. The quantitative estimate of drug-likeness (QED) is 0.866. The maximum absolute atomic E-state index is 12.5. The molecule has 1 amide bonds. The normalized spacial score (nSPS) is 24.7. The minimum absolute atomic E-state index is 0.112. The van der Waals surface area contributed by atoms with Crippen LogP contribution in [0.2, 0.25) is 0 Å². The van der Waals surface area contributed by atoms with Crippen LogP contribution in [-0.4, -0.2) is 25.0 Å². The van der Waals surface area contributed by atoms with Crippen molar-refractivity contribution in [1.82, 2.24) is 10.6 Å². The largest absolute Gasteiger partial charge is 0.352 e. The van der Waals surface area contributed by atoms with Gasteiger partial charge in [-0.05, 0) is 44.2 Å². The van der Waals surface area contributed by atoms with E-state index in [0.29, 0.717) is 6.04 Å². The van der Waals surface area contributed by atoms with Gasteiger partial charge in [-0.2, -0.15) is 0 Å². The maximum atomic E-state index is 12.5. The third kappa shape index (κ3) is 2.98. The number of rotatable bonds is 4. The Bertz CT molecular complexity index is 433. The van der Waals surface area contributed by atoms with Gasteiger partial charge in [-0.25, -0.2) is 0 Å². The first-order valence-electron chi connectivity index (χ1n) is 7.34. The number of hydrogen-bond acceptors (Lipinski definition) is 2. The summed E-state index contributed by atoms with van der Waals surface area (Å²) in [5.74, 6) is 0.269. The summed E-state index contributed by atoms with van der Waals surface area (Å²) in [6.45, 7) is 2.01. The average molecular weight is 258 g/mol. The minimum Gasteiger partial charge on any atom is -0.352 e. The molecule has 3 rings (SSSR count). The predicted molar refractivity (Wildman–Crippen MR) is 75.8 cm³/mol. The molecule has 1 heterocycles. The summed E-state index contributed by atoms with van der Waals surface area (Å²) in [5, 5.41) is 6.59. The SMILES string of the molecule is O=C(N[C@H]1CCCNC1)C1(Cc2ccccc2)CC1. The number of hydrogen-bond donors (Lipinski definition) is 2. The van der Waals surface area contributed by atoms with Crippen molar-refractivity contribution in [2.75, 3.05) is 13.1 Å². The molecule has 0 spiro atoms. The molecule has 1 atom stereocenters. The summed E-state index contributed by atoms with van der Waals surface area (Å²) in [7, 11) is 0. The molecule has 2 N–H and O–H groups in total. The van der Waals surface area contributed by atoms with E-state index in [4.69, 9.17) is 0 Å². The Balaban J connectivity index is 1.59. The van der Waals surface area contributed by atoms with E-state index >= 15 is 0 Å². The van der Waals surface area contributed by atoms with Crippen molar-refractivity contribution in [1.29, 1.82) is 0 Å². The third-order valence-corrected chi connectivity index (χ3v) is 4.35. The summed E-state index contributed by atoms with van der Waals surface area (Å²) < 4.78 is 0. The Labute approximate surface area is 114 Å². The first-order chi connectivity index (χ1) is 9.28. The van der Waals surface area contributed by atoms with E-state index in [2.05, 4.69) is 22.8 Å². The number of carbonyl (C=O) groups is 1. The molecule has 1 aliphatic carbocycles. The molecular weight excluding hydrogens is 236 g/mol. The smallest absolute Gasteiger partial charge is 0.226 e. The van der Waals surface area contributed by atoms with E-state index in [-0.39, 0.29) is 11.3 Å². The van der Waals surface area contributed by atoms with E-state index in [1.807, 2.05) is 18.2 Å². The lowest BCUT2D eigenvalue weighted by molar-refractivity contribution is -0.127. The van der Waals surface area contributed by atoms with Gasteiger partial charge in [-0.15, -0.1) is 0 Å². The lowest BCUT2D eigenvalue weighted by Crippen LogP contribution is -2.48. The van der Waals surface area contributed by atoms with Crippen molar-refractivity contribution in [2.45, 2.75) is 38.1 Å². The molecule has 0 unspecified atom stereocenters. The summed E-state index contributed by atoms with van der Waals surface area (Å²) >= 11 is 0. The molecule has 1 saturated heterocycles. The molecule has 1 saturated carbocycles. The second-order valence-electron chi connectivity index (χ2n) is 5.96. The van der Waals surface area contributed by atoms with Crippen molar-refractivity contribution in [3.63, 3.8) is 0 Å². The Morgan fingerprint density at radius 1 is 1.32 bits per heavy atom. The van der Waals surface area contributed by atoms with Crippen molar-refractivity contribution in [3.8, 4) is 0 Å². The van der Waals surface area contributed by atoms with E-state index in [1.165, 1.54) is 5.56 Å². The van der Waals surface area contributed by atoms with Crippen LogP contribution in [0.3, 0.4) is 0 Å². The fourth-order valence-electron chi connectivity index (χ4n) is 2.94. The maximum Gasteiger partial charge on any atom is 0.226 e. The third-order valence-electron chi connectivity index (χ3n) is 4.35. The molecule has 2 aliphatic rings. The average Bonchev–Trinajstić information content (AvgIpc) is 3.22. The fourth-order valence-corrected chi connectivity index (χ4v) is 2.94. The van der Waals surface area contributed by atoms with Crippen molar-refractivity contribution >= 4 is 5.91 Å². The number of amides is 1. The van der Waals surface area contributed by atoms with Crippen molar-refractivity contribution in [3.05, 3.63) is 35.9 Å². The minimum atomic E-state index is -0.112. The molecule has 3 nitrogen and oxygen atoms in total. The van der Waals surface area contributed by atoms with Crippen LogP contribution in [0.25, 0.3) is 0 Å². The van der Waals surface area contributed by atoms with Crippen LogP contribution < -0.4 is 10.6 Å². The van der Waals surface area contributed by atoms with Gasteiger partial charge in [0.15, 0.2) is 0 Å². The highest BCUT2D eigenvalue weighted by Crippen LogP contribution is 2.48. The van der Waals surface area contributed by atoms with Crippen LogP contribution >= 0.6 is 0 Å². The van der Waals surface area contributed by atoms with Crippen LogP contribution in [-0.2, 0) is 11.2 Å². The van der Waals surface area contributed by atoms with Crippen molar-refractivity contribution < 1.29 is 4.79 Å². The molecule has 1 aliphatic heterocycles. The number of nitrogens with one attached hydrogen (secondary N) is 2. The van der Waals surface area contributed by atoms with E-state index in [9.17, 15) is 4.79 Å². The summed E-state index contributed by atoms with van der Waals surface area (Å²) in [4.78, 5) is 12.5. The number of piperidine rings is 1. The Hall–Kier alpha value is -1.35. The monoisotopic (exact) mass is 258 g/mol. The molecule has 19 heavy (non-hydrogen) atoms. The first kappa shape index (κ1) is 12.7. The topological polar surface area (TPSA) is 41.1 Å². The standard InChI is InChI=1S/C16H22N2O/c19-15(18-14-7-4-10-17-12-14)16(8-9-16)11-13-5-2-1-3-6-13/h1-3,5-6,14,17H,4,7-12H2,(H,18,19)/t14-/m0/s1. The highest BCUT2D eigenvalue weighted by molar-refractivity contribution is 5.85. The molecule has 0 radical (unpaired) electrons. The molecule has 2 fully saturated rings. The molecule has 0 aromatic heterocycles. The summed E-state index contributed by atoms with van der Waals surface area (Å²) in [6, 6.07) is 10.7. The second-order valence-corrected chi connectivity index (χ2v) is 5.96. The zero-order chi connectivity index (χ0) is 13.1. The molecule has 1 aromatic carbocycles. The van der Waals surface area contributed by atoms with Crippen LogP contribution in [0.15, 0.2) is 30.3 Å². The van der Waals surface area contributed by atoms with Gasteiger partial charge in [-0.3, -0.25) is 4.79 Å². The molecule has 102 valence electrons. The van der Waals surface area contributed by atoms with Crippen LogP contribution in [0, 0.1) is 5.41 Å². The zero-order valence-electron chi connectivity index (χ0n) is 11.3. The van der Waals surface area contributed by atoms with Crippen LogP contribution in [0.5, 0.6) is 0 Å². The first-order valence-corrected chi connectivity index (χ1v) is 7.34.